The van der Waals surface area contributed by atoms with Crippen molar-refractivity contribution in [2.75, 3.05) is 0 Å². The van der Waals surface area contributed by atoms with Crippen molar-refractivity contribution < 1.29 is 4.42 Å². The summed E-state index contributed by atoms with van der Waals surface area (Å²) < 4.78 is 11.0. The van der Waals surface area contributed by atoms with E-state index in [9.17, 15) is 0 Å². The van der Waals surface area contributed by atoms with Crippen molar-refractivity contribution in [3.05, 3.63) is 194 Å². The molecule has 9 aromatic carbocycles. The Balaban J connectivity index is 0.955. The number of hydrogen-bond donors (Lipinski definition) is 0. The summed E-state index contributed by atoms with van der Waals surface area (Å²) >= 11 is 0. The first kappa shape index (κ1) is 30.1. The molecule has 0 aliphatic rings. The van der Waals surface area contributed by atoms with Gasteiger partial charge in [-0.15, -0.1) is 0 Å². The summed E-state index contributed by atoms with van der Waals surface area (Å²) in [7, 11) is 0. The first-order valence-electron chi connectivity index (χ1n) is 18.8. The van der Waals surface area contributed by atoms with E-state index in [0.29, 0.717) is 0 Å². The average Bonchev–Trinajstić information content (AvgIpc) is 3.90. The highest BCUT2D eigenvalue weighted by atomic mass is 16.3. The van der Waals surface area contributed by atoms with Gasteiger partial charge in [0.2, 0.25) is 0 Å². The molecule has 0 bridgehead atoms. The molecule has 0 radical (unpaired) electrons. The lowest BCUT2D eigenvalue weighted by atomic mass is 9.99. The Bertz CT molecular complexity index is 3490. The summed E-state index contributed by atoms with van der Waals surface area (Å²) in [5.74, 6) is 0. The largest absolute Gasteiger partial charge is 0.456 e. The molecule has 0 aliphatic carbocycles. The van der Waals surface area contributed by atoms with Gasteiger partial charge in [-0.3, -0.25) is 0 Å². The molecule has 0 fully saturated rings. The number of hydrogen-bond acceptors (Lipinski definition) is 1. The van der Waals surface area contributed by atoms with E-state index in [1.165, 1.54) is 76.8 Å². The van der Waals surface area contributed by atoms with Crippen LogP contribution < -0.4 is 0 Å². The van der Waals surface area contributed by atoms with Crippen molar-refractivity contribution in [2.24, 2.45) is 0 Å². The molecular formula is C52H32N2O. The Kier molecular flexibility index (Phi) is 6.34. The molecule has 0 aliphatic heterocycles. The molecule has 3 nitrogen and oxygen atoms in total. The Morgan fingerprint density at radius 3 is 1.49 bits per heavy atom. The maximum atomic E-state index is 6.21. The number of benzene rings is 9. The molecule has 0 spiro atoms. The van der Waals surface area contributed by atoms with Crippen LogP contribution in [-0.4, -0.2) is 9.13 Å². The van der Waals surface area contributed by atoms with E-state index in [2.05, 4.69) is 191 Å². The van der Waals surface area contributed by atoms with Crippen molar-refractivity contribution in [1.29, 1.82) is 0 Å². The van der Waals surface area contributed by atoms with Crippen LogP contribution in [-0.2, 0) is 0 Å². The van der Waals surface area contributed by atoms with Gasteiger partial charge >= 0.3 is 0 Å². The maximum absolute atomic E-state index is 6.21. The summed E-state index contributed by atoms with van der Waals surface area (Å²) in [6, 6.07) is 70.4. The smallest absolute Gasteiger partial charge is 0.136 e. The molecule has 12 aromatic rings. The molecule has 3 heterocycles. The fourth-order valence-corrected chi connectivity index (χ4v) is 8.90. The lowest BCUT2D eigenvalue weighted by Gasteiger charge is -2.11. The number of rotatable bonds is 4. The van der Waals surface area contributed by atoms with Gasteiger partial charge in [-0.1, -0.05) is 109 Å². The van der Waals surface area contributed by atoms with Crippen molar-refractivity contribution in [2.45, 2.75) is 0 Å². The second-order valence-corrected chi connectivity index (χ2v) is 14.6. The van der Waals surface area contributed by atoms with Crippen LogP contribution in [0.15, 0.2) is 199 Å². The molecular weight excluding hydrogens is 669 g/mol. The van der Waals surface area contributed by atoms with Crippen LogP contribution in [0.5, 0.6) is 0 Å². The minimum absolute atomic E-state index is 0.917. The predicted molar refractivity (Wildman–Crippen MR) is 231 cm³/mol. The lowest BCUT2D eigenvalue weighted by molar-refractivity contribution is 0.669. The van der Waals surface area contributed by atoms with E-state index in [-0.39, 0.29) is 0 Å². The molecule has 3 aromatic heterocycles. The van der Waals surface area contributed by atoms with Crippen LogP contribution in [0, 0.1) is 0 Å². The van der Waals surface area contributed by atoms with E-state index in [4.69, 9.17) is 4.42 Å². The third-order valence-corrected chi connectivity index (χ3v) is 11.5. The number of aromatic nitrogens is 2. The van der Waals surface area contributed by atoms with Gasteiger partial charge in [0, 0.05) is 43.7 Å². The fourth-order valence-electron chi connectivity index (χ4n) is 8.90. The highest BCUT2D eigenvalue weighted by Gasteiger charge is 2.17. The van der Waals surface area contributed by atoms with Crippen molar-refractivity contribution in [1.82, 2.24) is 9.13 Å². The molecule has 12 rings (SSSR count). The number of fused-ring (bicyclic) bond motifs is 10. The Morgan fingerprint density at radius 2 is 0.764 bits per heavy atom. The summed E-state index contributed by atoms with van der Waals surface area (Å²) in [4.78, 5) is 0. The van der Waals surface area contributed by atoms with E-state index >= 15 is 0 Å². The van der Waals surface area contributed by atoms with Gasteiger partial charge in [-0.2, -0.15) is 0 Å². The zero-order valence-corrected chi connectivity index (χ0v) is 29.8. The lowest BCUT2D eigenvalue weighted by Crippen LogP contribution is -1.94. The van der Waals surface area contributed by atoms with Gasteiger partial charge in [0.1, 0.15) is 11.2 Å². The molecule has 256 valence electrons. The third kappa shape index (κ3) is 4.57. The van der Waals surface area contributed by atoms with Crippen LogP contribution >= 0.6 is 0 Å². The highest BCUT2D eigenvalue weighted by Crippen LogP contribution is 2.39. The van der Waals surface area contributed by atoms with E-state index < -0.39 is 0 Å². The summed E-state index contributed by atoms with van der Waals surface area (Å²) in [6.45, 7) is 0. The van der Waals surface area contributed by atoms with Gasteiger partial charge in [0.25, 0.3) is 0 Å². The second-order valence-electron chi connectivity index (χ2n) is 14.6. The van der Waals surface area contributed by atoms with E-state index in [1.807, 2.05) is 12.1 Å². The normalized spacial score (nSPS) is 12.0. The summed E-state index contributed by atoms with van der Waals surface area (Å²) in [5.41, 5.74) is 13.7. The van der Waals surface area contributed by atoms with Crippen LogP contribution in [0.2, 0.25) is 0 Å². The van der Waals surface area contributed by atoms with Gasteiger partial charge in [0.15, 0.2) is 0 Å². The molecule has 0 saturated carbocycles. The first-order chi connectivity index (χ1) is 27.2. The monoisotopic (exact) mass is 700 g/mol. The molecule has 0 atom stereocenters. The zero-order chi connectivity index (χ0) is 36.0. The highest BCUT2D eigenvalue weighted by molar-refractivity contribution is 6.13. The molecule has 3 heteroatoms. The number of nitrogens with zero attached hydrogens (tertiary/aromatic N) is 2. The SMILES string of the molecule is c1ccc(-n2c3ccccc3c3cc(-c4ccc5c(c4)c4ccccc4n5-c4ccc5cc(-c6ccc7c(c6)oc6ccccc67)ccc5c4)ccc32)cc1. The van der Waals surface area contributed by atoms with Gasteiger partial charge in [-0.25, -0.2) is 0 Å². The fraction of sp³-hybridized carbons (Fsp3) is 0. The van der Waals surface area contributed by atoms with Gasteiger partial charge in [0.05, 0.1) is 22.1 Å². The summed E-state index contributed by atoms with van der Waals surface area (Å²) in [5, 5.41) is 9.73. The average molecular weight is 701 g/mol. The van der Waals surface area contributed by atoms with Gasteiger partial charge < -0.3 is 13.6 Å². The predicted octanol–water partition coefficient (Wildman–Crippen LogP) is 14.3. The van der Waals surface area contributed by atoms with E-state index in [1.54, 1.807) is 0 Å². The van der Waals surface area contributed by atoms with Crippen molar-refractivity contribution in [3.63, 3.8) is 0 Å². The number of furan rings is 1. The summed E-state index contributed by atoms with van der Waals surface area (Å²) in [6.07, 6.45) is 0. The van der Waals surface area contributed by atoms with Crippen molar-refractivity contribution in [3.8, 4) is 33.6 Å². The Hall–Kier alpha value is -7.36. The second kappa shape index (κ2) is 11.6. The number of para-hydroxylation sites is 4. The standard InChI is InChI=1S/C52H32N2O/c1-2-10-39(11-3-1)53-47-15-7-4-12-41(47)45-30-36(22-26-49(45)53)37-23-27-50-46(31-37)42-13-5-8-16-48(42)54(50)40-24-20-34-28-33(18-19-35(34)29-40)38-21-25-44-43-14-6-9-17-51(43)55-52(44)32-38/h1-32H. The van der Waals surface area contributed by atoms with Crippen LogP contribution in [0.25, 0.3) is 110 Å². The zero-order valence-electron chi connectivity index (χ0n) is 29.8. The minimum Gasteiger partial charge on any atom is -0.456 e. The van der Waals surface area contributed by atoms with Crippen LogP contribution in [0.3, 0.4) is 0 Å². The molecule has 0 amide bonds. The third-order valence-electron chi connectivity index (χ3n) is 11.5. The topological polar surface area (TPSA) is 23.0 Å². The Morgan fingerprint density at radius 1 is 0.273 bits per heavy atom. The van der Waals surface area contributed by atoms with Crippen LogP contribution in [0.4, 0.5) is 0 Å². The minimum atomic E-state index is 0.917. The molecule has 0 saturated heterocycles. The van der Waals surface area contributed by atoms with Crippen LogP contribution in [0.1, 0.15) is 0 Å². The Labute approximate surface area is 316 Å². The first-order valence-corrected chi connectivity index (χ1v) is 18.8. The van der Waals surface area contributed by atoms with Crippen molar-refractivity contribution >= 4 is 76.3 Å². The maximum Gasteiger partial charge on any atom is 0.136 e. The van der Waals surface area contributed by atoms with Gasteiger partial charge in [-0.05, 0) is 118 Å². The molecule has 0 unspecified atom stereocenters. The quantitative estimate of drug-likeness (QED) is 0.179. The van der Waals surface area contributed by atoms with E-state index in [0.717, 1.165) is 33.2 Å². The molecule has 0 N–H and O–H groups in total. The molecule has 55 heavy (non-hydrogen) atoms.